The lowest BCUT2D eigenvalue weighted by atomic mass is 9.61. The van der Waals surface area contributed by atoms with E-state index in [0.29, 0.717) is 23.7 Å². The third-order valence-corrected chi connectivity index (χ3v) is 7.93. The Bertz CT molecular complexity index is 1080. The third-order valence-electron chi connectivity index (χ3n) is 7.93. The molecule has 0 aliphatic heterocycles. The van der Waals surface area contributed by atoms with Gasteiger partial charge >= 0.3 is 0 Å². The molecule has 0 N–H and O–H groups in total. The van der Waals surface area contributed by atoms with E-state index in [1.54, 1.807) is 0 Å². The lowest BCUT2D eigenvalue weighted by molar-refractivity contribution is 0.131. The zero-order valence-electron chi connectivity index (χ0n) is 20.3. The molecule has 4 aromatic rings. The molecule has 172 valence electrons. The van der Waals surface area contributed by atoms with E-state index in [-0.39, 0.29) is 0 Å². The Hall–Kier alpha value is -3.12. The van der Waals surface area contributed by atoms with Gasteiger partial charge in [-0.2, -0.15) is 0 Å². The number of aryl methyl sites for hydroxylation is 1. The van der Waals surface area contributed by atoms with Gasteiger partial charge in [0, 0.05) is 0 Å². The van der Waals surface area contributed by atoms with Crippen LogP contribution < -0.4 is 0 Å². The van der Waals surface area contributed by atoms with Gasteiger partial charge in [0.05, 0.1) is 0 Å². The summed E-state index contributed by atoms with van der Waals surface area (Å²) in [5.74, 6) is 2.67. The molecule has 5 rings (SSSR count). The first-order valence-corrected chi connectivity index (χ1v) is 12.9. The quantitative estimate of drug-likeness (QED) is 0.268. The van der Waals surface area contributed by atoms with E-state index in [1.807, 2.05) is 0 Å². The van der Waals surface area contributed by atoms with Gasteiger partial charge in [0.15, 0.2) is 0 Å². The fourth-order valence-corrected chi connectivity index (χ4v) is 6.19. The summed E-state index contributed by atoms with van der Waals surface area (Å²) in [7, 11) is 0. The highest BCUT2D eigenvalue weighted by Gasteiger charge is 2.38. The first-order valence-electron chi connectivity index (χ1n) is 12.9. The smallest absolute Gasteiger partial charge is 0.0156 e. The van der Waals surface area contributed by atoms with Crippen LogP contribution in [0.1, 0.15) is 46.6 Å². The predicted molar refractivity (Wildman–Crippen MR) is 144 cm³/mol. The Morgan fingerprint density at radius 1 is 0.500 bits per heavy atom. The van der Waals surface area contributed by atoms with E-state index in [4.69, 9.17) is 0 Å². The van der Waals surface area contributed by atoms with E-state index in [1.165, 1.54) is 59.9 Å². The molecule has 0 spiro atoms. The average molecular weight is 445 g/mol. The number of benzene rings is 4. The second kappa shape index (κ2) is 10.9. The van der Waals surface area contributed by atoms with Crippen LogP contribution in [0.5, 0.6) is 0 Å². The topological polar surface area (TPSA) is 0 Å². The molecular formula is C34H36. The molecule has 34 heavy (non-hydrogen) atoms. The highest BCUT2D eigenvalue weighted by Crippen LogP contribution is 2.47. The number of hydrogen-bond acceptors (Lipinski definition) is 0. The molecule has 1 aliphatic rings. The van der Waals surface area contributed by atoms with Crippen LogP contribution >= 0.6 is 0 Å². The summed E-state index contributed by atoms with van der Waals surface area (Å²) in [5.41, 5.74) is 7.32. The van der Waals surface area contributed by atoms with Crippen LogP contribution in [0.15, 0.2) is 115 Å². The van der Waals surface area contributed by atoms with Gasteiger partial charge < -0.3 is 0 Å². The molecule has 1 saturated carbocycles. The minimum atomic E-state index is 0.637. The monoisotopic (exact) mass is 444 g/mol. The van der Waals surface area contributed by atoms with E-state index >= 15 is 0 Å². The summed E-state index contributed by atoms with van der Waals surface area (Å²) in [5, 5.41) is 0. The number of hydrogen-bond donors (Lipinski definition) is 0. The van der Waals surface area contributed by atoms with Crippen LogP contribution in [0.4, 0.5) is 0 Å². The van der Waals surface area contributed by atoms with Crippen LogP contribution in [0.25, 0.3) is 0 Å². The van der Waals surface area contributed by atoms with Crippen molar-refractivity contribution in [1.82, 2.24) is 0 Å². The lowest BCUT2D eigenvalue weighted by Crippen LogP contribution is -2.36. The molecule has 1 fully saturated rings. The van der Waals surface area contributed by atoms with Gasteiger partial charge in [-0.05, 0) is 85.0 Å². The van der Waals surface area contributed by atoms with Crippen molar-refractivity contribution in [3.05, 3.63) is 143 Å². The molecule has 1 aliphatic carbocycles. The molecule has 0 aromatic heterocycles. The van der Waals surface area contributed by atoms with Gasteiger partial charge in [0.25, 0.3) is 0 Å². The molecule has 0 radical (unpaired) electrons. The Balaban J connectivity index is 1.49. The van der Waals surface area contributed by atoms with Crippen molar-refractivity contribution >= 4 is 0 Å². The van der Waals surface area contributed by atoms with Gasteiger partial charge in [-0.25, -0.2) is 0 Å². The molecule has 0 saturated heterocycles. The Kier molecular flexibility index (Phi) is 7.25. The Morgan fingerprint density at radius 2 is 0.941 bits per heavy atom. The van der Waals surface area contributed by atoms with Gasteiger partial charge in [-0.3, -0.25) is 0 Å². The van der Waals surface area contributed by atoms with Crippen molar-refractivity contribution in [1.29, 1.82) is 0 Å². The van der Waals surface area contributed by atoms with Crippen molar-refractivity contribution < 1.29 is 0 Å². The molecule has 0 amide bonds. The highest BCUT2D eigenvalue weighted by molar-refractivity contribution is 5.26. The molecule has 0 heterocycles. The summed E-state index contributed by atoms with van der Waals surface area (Å²) in [6, 6.07) is 42.9. The molecule has 0 nitrogen and oxygen atoms in total. The van der Waals surface area contributed by atoms with E-state index in [0.717, 1.165) is 0 Å². The Morgan fingerprint density at radius 3 is 1.44 bits per heavy atom. The second-order valence-electron chi connectivity index (χ2n) is 10.3. The summed E-state index contributed by atoms with van der Waals surface area (Å²) in [4.78, 5) is 0. The van der Waals surface area contributed by atoms with Crippen molar-refractivity contribution in [3.8, 4) is 0 Å². The summed E-state index contributed by atoms with van der Waals surface area (Å²) in [6.45, 7) is 2.19. The highest BCUT2D eigenvalue weighted by atomic mass is 14.4. The van der Waals surface area contributed by atoms with Crippen LogP contribution in [0.3, 0.4) is 0 Å². The molecule has 4 aromatic carbocycles. The molecule has 0 heteroatoms. The van der Waals surface area contributed by atoms with E-state index in [9.17, 15) is 0 Å². The normalized spacial score (nSPS) is 22.4. The zero-order chi connectivity index (χ0) is 23.2. The average Bonchev–Trinajstić information content (AvgIpc) is 2.89. The predicted octanol–water partition coefficient (Wildman–Crippen LogP) is 8.45. The van der Waals surface area contributed by atoms with E-state index < -0.39 is 0 Å². The van der Waals surface area contributed by atoms with Crippen LogP contribution in [-0.4, -0.2) is 0 Å². The molecule has 0 bridgehead atoms. The van der Waals surface area contributed by atoms with Gasteiger partial charge in [-0.1, -0.05) is 121 Å². The SMILES string of the molecule is Cc1ccc(CC2C(Cc3ccccc3)CC(c3ccccc3)CC2Cc2ccccc2)cc1. The maximum Gasteiger partial charge on any atom is -0.0156 e. The standard InChI is InChI=1S/C34H36/c1-26-17-19-29(20-18-26)23-34-32(21-27-11-5-2-6-12-27)24-31(30-15-9-4-10-16-30)25-33(34)22-28-13-7-3-8-14-28/h2-20,31-34H,21-25H2,1H3. The summed E-state index contributed by atoms with van der Waals surface area (Å²) in [6.07, 6.45) is 6.08. The first kappa shape index (κ1) is 22.7. The minimum absolute atomic E-state index is 0.637. The van der Waals surface area contributed by atoms with E-state index in [2.05, 4.69) is 122 Å². The maximum atomic E-state index is 2.36. The molecular weight excluding hydrogens is 408 g/mol. The Labute approximate surface area is 205 Å². The van der Waals surface area contributed by atoms with Crippen molar-refractivity contribution in [2.75, 3.05) is 0 Å². The van der Waals surface area contributed by atoms with Crippen LogP contribution in [-0.2, 0) is 19.3 Å². The molecule has 2 unspecified atom stereocenters. The first-order chi connectivity index (χ1) is 16.7. The largest absolute Gasteiger partial charge is 0.0622 e. The van der Waals surface area contributed by atoms with Gasteiger partial charge in [0.1, 0.15) is 0 Å². The van der Waals surface area contributed by atoms with Crippen LogP contribution in [0, 0.1) is 24.7 Å². The fraction of sp³-hybridized carbons (Fsp3) is 0.294. The van der Waals surface area contributed by atoms with Gasteiger partial charge in [0.2, 0.25) is 0 Å². The summed E-state index contributed by atoms with van der Waals surface area (Å²) < 4.78 is 0. The van der Waals surface area contributed by atoms with Crippen molar-refractivity contribution in [3.63, 3.8) is 0 Å². The van der Waals surface area contributed by atoms with Crippen LogP contribution in [0.2, 0.25) is 0 Å². The third kappa shape index (κ3) is 5.68. The second-order valence-corrected chi connectivity index (χ2v) is 10.3. The van der Waals surface area contributed by atoms with Crippen molar-refractivity contribution in [2.45, 2.75) is 44.9 Å². The van der Waals surface area contributed by atoms with Gasteiger partial charge in [-0.15, -0.1) is 0 Å². The lowest BCUT2D eigenvalue weighted by Gasteiger charge is -2.43. The van der Waals surface area contributed by atoms with Crippen molar-refractivity contribution in [2.24, 2.45) is 17.8 Å². The minimum Gasteiger partial charge on any atom is -0.0622 e. The molecule has 2 atom stereocenters. The summed E-state index contributed by atoms with van der Waals surface area (Å²) >= 11 is 0. The maximum absolute atomic E-state index is 2.36. The zero-order valence-corrected chi connectivity index (χ0v) is 20.3. The fourth-order valence-electron chi connectivity index (χ4n) is 6.19. The number of rotatable bonds is 7.